The van der Waals surface area contributed by atoms with Gasteiger partial charge in [0.05, 0.1) is 51.0 Å². The van der Waals surface area contributed by atoms with E-state index in [9.17, 15) is 13.2 Å². The van der Waals surface area contributed by atoms with Crippen molar-refractivity contribution in [1.82, 2.24) is 0 Å². The summed E-state index contributed by atoms with van der Waals surface area (Å²) in [4.78, 5) is 19.1. The van der Waals surface area contributed by atoms with E-state index >= 15 is 0 Å². The highest BCUT2D eigenvalue weighted by Gasteiger charge is 2.50. The van der Waals surface area contributed by atoms with Crippen LogP contribution in [0.4, 0.5) is 5.69 Å². The molecule has 0 saturated carbocycles. The summed E-state index contributed by atoms with van der Waals surface area (Å²) in [6.07, 6.45) is 0.0787. The van der Waals surface area contributed by atoms with E-state index in [-0.39, 0.29) is 35.1 Å². The lowest BCUT2D eigenvalue weighted by molar-refractivity contribution is -0.117. The van der Waals surface area contributed by atoms with Gasteiger partial charge in [-0.15, -0.1) is 0 Å². The van der Waals surface area contributed by atoms with Crippen LogP contribution in [0.15, 0.2) is 47.5 Å². The number of methoxy groups -OCH3 is 3. The van der Waals surface area contributed by atoms with Gasteiger partial charge in [-0.1, -0.05) is 30.0 Å². The molecule has 0 radical (unpaired) electrons. The van der Waals surface area contributed by atoms with Crippen molar-refractivity contribution in [2.24, 2.45) is 4.99 Å². The van der Waals surface area contributed by atoms with Crippen LogP contribution in [0.2, 0.25) is 0 Å². The highest BCUT2D eigenvalue weighted by atomic mass is 32.2. The van der Waals surface area contributed by atoms with Gasteiger partial charge in [0.2, 0.25) is 0 Å². The molecule has 2 saturated heterocycles. The molecule has 2 heterocycles. The van der Waals surface area contributed by atoms with Crippen LogP contribution in [0.25, 0.3) is 0 Å². The summed E-state index contributed by atoms with van der Waals surface area (Å²) in [5.41, 5.74) is 1.39. The van der Waals surface area contributed by atoms with Gasteiger partial charge in [0.25, 0.3) is 5.91 Å². The third-order valence-electron chi connectivity index (χ3n) is 5.47. The molecule has 2 aromatic carbocycles. The lowest BCUT2D eigenvalue weighted by Gasteiger charge is -2.26. The number of nitrogens with zero attached hydrogens (tertiary/aromatic N) is 2. The Kier molecular flexibility index (Phi) is 6.34. The molecule has 8 nitrogen and oxygen atoms in total. The first-order valence-corrected chi connectivity index (χ1v) is 12.7. The molecule has 10 heteroatoms. The highest BCUT2D eigenvalue weighted by molar-refractivity contribution is 8.16. The van der Waals surface area contributed by atoms with Crippen molar-refractivity contribution in [2.45, 2.75) is 17.7 Å². The van der Waals surface area contributed by atoms with Crippen LogP contribution in [0.5, 0.6) is 17.2 Å². The molecule has 32 heavy (non-hydrogen) atoms. The van der Waals surface area contributed by atoms with Gasteiger partial charge in [-0.3, -0.25) is 4.79 Å². The van der Waals surface area contributed by atoms with Gasteiger partial charge in [-0.05, 0) is 18.2 Å². The van der Waals surface area contributed by atoms with Crippen LogP contribution in [-0.4, -0.2) is 63.6 Å². The van der Waals surface area contributed by atoms with Gasteiger partial charge in [0.1, 0.15) is 17.2 Å². The van der Waals surface area contributed by atoms with E-state index in [1.807, 2.05) is 23.1 Å². The summed E-state index contributed by atoms with van der Waals surface area (Å²) < 4.78 is 40.8. The number of aliphatic imine (C=N–C) groups is 1. The molecule has 2 atom stereocenters. The molecule has 170 valence electrons. The third-order valence-corrected chi connectivity index (χ3v) is 8.68. The molecule has 2 fully saturated rings. The predicted molar refractivity (Wildman–Crippen MR) is 125 cm³/mol. The first-order valence-electron chi connectivity index (χ1n) is 9.97. The molecular formula is C22H24N2O6S2. The lowest BCUT2D eigenvalue weighted by Crippen LogP contribution is -2.38. The predicted octanol–water partition coefficient (Wildman–Crippen LogP) is 2.56. The zero-order chi connectivity index (χ0) is 22.9. The van der Waals surface area contributed by atoms with Gasteiger partial charge in [-0.25, -0.2) is 8.42 Å². The van der Waals surface area contributed by atoms with Gasteiger partial charge in [0, 0.05) is 16.9 Å². The number of anilines is 1. The second-order valence-electron chi connectivity index (χ2n) is 7.49. The Morgan fingerprint density at radius 2 is 1.81 bits per heavy atom. The minimum atomic E-state index is -3.17. The molecule has 0 spiro atoms. The zero-order valence-electron chi connectivity index (χ0n) is 18.0. The lowest BCUT2D eigenvalue weighted by atomic mass is 10.1. The van der Waals surface area contributed by atoms with E-state index in [2.05, 4.69) is 4.99 Å². The number of carbonyl (C=O) groups excluding carboxylic acids is 1. The summed E-state index contributed by atoms with van der Waals surface area (Å²) in [6.45, 7) is 0. The molecule has 4 rings (SSSR count). The number of amidine groups is 1. The minimum Gasteiger partial charge on any atom is -0.497 e. The van der Waals surface area contributed by atoms with E-state index in [0.717, 1.165) is 5.56 Å². The van der Waals surface area contributed by atoms with E-state index in [0.29, 0.717) is 28.1 Å². The van der Waals surface area contributed by atoms with Gasteiger partial charge < -0.3 is 19.1 Å². The van der Waals surface area contributed by atoms with Crippen molar-refractivity contribution in [3.05, 3.63) is 48.0 Å². The number of benzene rings is 2. The Labute approximate surface area is 191 Å². The van der Waals surface area contributed by atoms with Crippen molar-refractivity contribution >= 4 is 38.4 Å². The highest BCUT2D eigenvalue weighted by Crippen LogP contribution is 2.44. The largest absolute Gasteiger partial charge is 0.497 e. The van der Waals surface area contributed by atoms with Crippen LogP contribution >= 0.6 is 11.8 Å². The second kappa shape index (κ2) is 9.03. The van der Waals surface area contributed by atoms with Crippen LogP contribution in [0, 0.1) is 0 Å². The molecule has 0 N–H and O–H groups in total. The maximum absolute atomic E-state index is 12.9. The number of carbonyl (C=O) groups is 1. The van der Waals surface area contributed by atoms with Gasteiger partial charge in [-0.2, -0.15) is 4.99 Å². The van der Waals surface area contributed by atoms with Crippen LogP contribution in [0.3, 0.4) is 0 Å². The van der Waals surface area contributed by atoms with E-state index in [1.54, 1.807) is 38.5 Å². The molecule has 2 aliphatic heterocycles. The number of thioether (sulfide) groups is 1. The maximum Gasteiger partial charge on any atom is 0.252 e. The van der Waals surface area contributed by atoms with E-state index in [4.69, 9.17) is 14.2 Å². The SMILES string of the molecule is COc1ccc(N2C(=NC(=O)Cc3ccccc3OC)S[C@@H]3CS(=O)(=O)C[C@@H]32)c(OC)c1. The Balaban J connectivity index is 1.70. The van der Waals surface area contributed by atoms with Crippen LogP contribution in [-0.2, 0) is 21.1 Å². The molecule has 0 bridgehead atoms. The summed E-state index contributed by atoms with van der Waals surface area (Å²) in [6, 6.07) is 12.3. The fraction of sp³-hybridized carbons (Fsp3) is 0.364. The topological polar surface area (TPSA) is 94.5 Å². The average molecular weight is 477 g/mol. The molecule has 2 aromatic rings. The standard InChI is InChI=1S/C22H24N2O6S2/c1-28-15-8-9-16(19(11-15)30-3)24-17-12-32(26,27)13-20(17)31-22(24)23-21(25)10-14-6-4-5-7-18(14)29-2/h4-9,11,17,20H,10,12-13H2,1-3H3/t17-,20+/m0/s1. The molecule has 0 unspecified atom stereocenters. The van der Waals surface area contributed by atoms with Crippen molar-refractivity contribution in [3.8, 4) is 17.2 Å². The van der Waals surface area contributed by atoms with Crippen molar-refractivity contribution in [3.63, 3.8) is 0 Å². The number of amides is 1. The normalized spacial score (nSPS) is 22.6. The molecule has 0 aliphatic carbocycles. The fourth-order valence-electron chi connectivity index (χ4n) is 3.99. The summed E-state index contributed by atoms with van der Waals surface area (Å²) in [5, 5.41) is 0.267. The fourth-order valence-corrected chi connectivity index (χ4v) is 7.91. The van der Waals surface area contributed by atoms with E-state index in [1.165, 1.54) is 18.9 Å². The number of hydrogen-bond donors (Lipinski definition) is 0. The number of sulfone groups is 1. The Morgan fingerprint density at radius 3 is 2.53 bits per heavy atom. The number of ether oxygens (including phenoxy) is 3. The van der Waals surface area contributed by atoms with Gasteiger partial charge >= 0.3 is 0 Å². The molecular weight excluding hydrogens is 452 g/mol. The number of fused-ring (bicyclic) bond motifs is 1. The van der Waals surface area contributed by atoms with Crippen molar-refractivity contribution in [2.75, 3.05) is 37.7 Å². The molecule has 1 amide bonds. The Hall–Kier alpha value is -2.72. The summed E-state index contributed by atoms with van der Waals surface area (Å²) >= 11 is 1.32. The summed E-state index contributed by atoms with van der Waals surface area (Å²) in [5.74, 6) is 1.46. The Morgan fingerprint density at radius 1 is 1.06 bits per heavy atom. The average Bonchev–Trinajstić information content (AvgIpc) is 3.24. The summed E-state index contributed by atoms with van der Waals surface area (Å²) in [7, 11) is 1.48. The van der Waals surface area contributed by atoms with Crippen molar-refractivity contribution < 1.29 is 27.4 Å². The maximum atomic E-state index is 12.9. The van der Waals surface area contributed by atoms with Crippen LogP contribution < -0.4 is 19.1 Å². The first-order chi connectivity index (χ1) is 15.3. The molecule has 2 aliphatic rings. The van der Waals surface area contributed by atoms with Gasteiger partial charge in [0.15, 0.2) is 15.0 Å². The number of rotatable bonds is 6. The number of para-hydroxylation sites is 1. The van der Waals surface area contributed by atoms with Crippen LogP contribution in [0.1, 0.15) is 5.56 Å². The second-order valence-corrected chi connectivity index (χ2v) is 10.8. The zero-order valence-corrected chi connectivity index (χ0v) is 19.6. The molecule has 0 aromatic heterocycles. The quantitative estimate of drug-likeness (QED) is 0.628. The smallest absolute Gasteiger partial charge is 0.252 e. The Bertz CT molecular complexity index is 1160. The minimum absolute atomic E-state index is 0.000428. The third kappa shape index (κ3) is 4.42. The first kappa shape index (κ1) is 22.5. The van der Waals surface area contributed by atoms with Crippen molar-refractivity contribution in [1.29, 1.82) is 0 Å². The monoisotopic (exact) mass is 476 g/mol. The van der Waals surface area contributed by atoms with E-state index < -0.39 is 9.84 Å². The number of hydrogen-bond acceptors (Lipinski definition) is 7.